The first-order valence-electron chi connectivity index (χ1n) is 10.5. The van der Waals surface area contributed by atoms with Crippen LogP contribution in [0.25, 0.3) is 11.0 Å². The van der Waals surface area contributed by atoms with Crippen molar-refractivity contribution in [2.75, 3.05) is 26.2 Å². The van der Waals surface area contributed by atoms with Crippen molar-refractivity contribution in [3.05, 3.63) is 30.1 Å². The van der Waals surface area contributed by atoms with Gasteiger partial charge in [0.1, 0.15) is 12.2 Å². The van der Waals surface area contributed by atoms with E-state index >= 15 is 0 Å². The molecule has 2 fully saturated rings. The predicted octanol–water partition coefficient (Wildman–Crippen LogP) is 2.40. The van der Waals surface area contributed by atoms with Gasteiger partial charge in [-0.05, 0) is 44.9 Å². The van der Waals surface area contributed by atoms with Gasteiger partial charge in [-0.15, -0.1) is 0 Å². The van der Waals surface area contributed by atoms with E-state index in [2.05, 4.69) is 15.6 Å². The molecule has 3 atom stereocenters. The molecule has 29 heavy (non-hydrogen) atoms. The van der Waals surface area contributed by atoms with Gasteiger partial charge in [-0.2, -0.15) is 0 Å². The van der Waals surface area contributed by atoms with E-state index in [0.29, 0.717) is 19.6 Å². The Morgan fingerprint density at radius 3 is 2.66 bits per heavy atom. The van der Waals surface area contributed by atoms with E-state index in [9.17, 15) is 9.59 Å². The molecule has 156 valence electrons. The minimum atomic E-state index is 0.0455. The molecule has 2 aliphatic heterocycles. The molecule has 0 N–H and O–H groups in total. The third-order valence-corrected chi connectivity index (χ3v) is 6.04. The van der Waals surface area contributed by atoms with E-state index in [0.717, 1.165) is 36.1 Å². The van der Waals surface area contributed by atoms with Crippen LogP contribution in [-0.4, -0.2) is 69.6 Å². The Morgan fingerprint density at radius 1 is 1.17 bits per heavy atom. The topological polar surface area (TPSA) is 67.7 Å². The first-order valence-corrected chi connectivity index (χ1v) is 10.5. The van der Waals surface area contributed by atoms with Crippen LogP contribution < -0.4 is 0 Å². The number of carbonyl (C=O) groups excluding carboxylic acids is 2. The molecule has 0 saturated carbocycles. The molecule has 2 amide bonds. The van der Waals surface area contributed by atoms with Crippen LogP contribution in [0.5, 0.6) is 0 Å². The fourth-order valence-electron chi connectivity index (χ4n) is 4.73. The molecule has 0 bridgehead atoms. The van der Waals surface area contributed by atoms with E-state index in [1.807, 2.05) is 35.8 Å². The minimum absolute atomic E-state index is 0.0455. The van der Waals surface area contributed by atoms with Crippen molar-refractivity contribution in [3.63, 3.8) is 0 Å². The zero-order valence-electron chi connectivity index (χ0n) is 17.5. The molecule has 4 rings (SSSR count). The number of pyridine rings is 1. The molecule has 7 nitrogen and oxygen atoms in total. The van der Waals surface area contributed by atoms with Crippen molar-refractivity contribution < 1.29 is 14.3 Å². The molecule has 4 heterocycles. The maximum absolute atomic E-state index is 13.2. The number of fused-ring (bicyclic) bond motifs is 1. The molecule has 2 aliphatic rings. The third-order valence-electron chi connectivity index (χ3n) is 6.04. The Kier molecular flexibility index (Phi) is 5.58. The number of hydrogen-bond acceptors (Lipinski definition) is 4. The normalized spacial score (nSPS) is 25.4. The highest BCUT2D eigenvalue weighted by molar-refractivity contribution is 5.82. The maximum Gasteiger partial charge on any atom is 0.242 e. The van der Waals surface area contributed by atoms with Gasteiger partial charge in [0.2, 0.25) is 11.8 Å². The average Bonchev–Trinajstić information content (AvgIpc) is 3.06. The van der Waals surface area contributed by atoms with Crippen LogP contribution in [0, 0.1) is 0 Å². The quantitative estimate of drug-likeness (QED) is 0.796. The summed E-state index contributed by atoms with van der Waals surface area (Å²) in [6.07, 6.45) is 3.86. The van der Waals surface area contributed by atoms with Crippen LogP contribution in [-0.2, 0) is 20.9 Å². The summed E-state index contributed by atoms with van der Waals surface area (Å²) in [4.78, 5) is 33.5. The first-order chi connectivity index (χ1) is 13.9. The van der Waals surface area contributed by atoms with E-state index in [-0.39, 0.29) is 36.5 Å². The predicted molar refractivity (Wildman–Crippen MR) is 111 cm³/mol. The van der Waals surface area contributed by atoms with Crippen LogP contribution in [0.3, 0.4) is 0 Å². The second-order valence-electron chi connectivity index (χ2n) is 8.43. The van der Waals surface area contributed by atoms with Crippen LogP contribution >= 0.6 is 0 Å². The summed E-state index contributed by atoms with van der Waals surface area (Å²) in [7, 11) is 0. The lowest BCUT2D eigenvalue weighted by molar-refractivity contribution is -0.143. The molecule has 0 unspecified atom stereocenters. The summed E-state index contributed by atoms with van der Waals surface area (Å²) in [5.74, 6) is 0.427. The number of amides is 2. The number of aromatic nitrogens is 2. The molecular formula is C22H30N4O3. The van der Waals surface area contributed by atoms with Crippen molar-refractivity contribution >= 4 is 22.8 Å². The highest BCUT2D eigenvalue weighted by Crippen LogP contribution is 2.31. The standard InChI is InChI=1S/C22H30N4O3/c1-15-11-25(12-16(2)29-15)21(28)14-26-20(10-18-6-4-8-23-22(18)26)19-7-5-9-24(13-19)17(3)27/h4,6,8,10,15-16,19H,5,7,9,11-14H2,1-3H3/t15-,16+,19-/m0/s1. The molecule has 7 heteroatoms. The van der Waals surface area contributed by atoms with Gasteiger partial charge in [0.25, 0.3) is 0 Å². The second-order valence-corrected chi connectivity index (χ2v) is 8.43. The number of morpholine rings is 1. The van der Waals surface area contributed by atoms with Crippen LogP contribution in [0.1, 0.15) is 45.2 Å². The number of hydrogen-bond donors (Lipinski definition) is 0. The largest absolute Gasteiger partial charge is 0.372 e. The van der Waals surface area contributed by atoms with E-state index in [1.165, 1.54) is 0 Å². The van der Waals surface area contributed by atoms with Gasteiger partial charge in [-0.3, -0.25) is 9.59 Å². The third kappa shape index (κ3) is 4.15. The van der Waals surface area contributed by atoms with E-state index in [4.69, 9.17) is 4.74 Å². The van der Waals surface area contributed by atoms with Gasteiger partial charge in [0.15, 0.2) is 0 Å². The van der Waals surface area contributed by atoms with Gasteiger partial charge in [-0.25, -0.2) is 4.98 Å². The Balaban J connectivity index is 1.63. The van der Waals surface area contributed by atoms with Gasteiger partial charge >= 0.3 is 0 Å². The second kappa shape index (κ2) is 8.14. The van der Waals surface area contributed by atoms with Crippen molar-refractivity contribution in [2.24, 2.45) is 0 Å². The number of carbonyl (C=O) groups is 2. The molecule has 0 radical (unpaired) electrons. The summed E-state index contributed by atoms with van der Waals surface area (Å²) in [5, 5.41) is 1.04. The number of likely N-dealkylation sites (tertiary alicyclic amines) is 1. The summed E-state index contributed by atoms with van der Waals surface area (Å²) >= 11 is 0. The molecule has 0 aromatic carbocycles. The lowest BCUT2D eigenvalue weighted by Crippen LogP contribution is -2.49. The number of nitrogens with zero attached hydrogens (tertiary/aromatic N) is 4. The molecule has 2 aromatic heterocycles. The van der Waals surface area contributed by atoms with Crippen LogP contribution in [0.2, 0.25) is 0 Å². The van der Waals surface area contributed by atoms with Crippen molar-refractivity contribution in [2.45, 2.75) is 58.3 Å². The number of ether oxygens (including phenoxy) is 1. The molecule has 0 aliphatic carbocycles. The van der Waals surface area contributed by atoms with Crippen molar-refractivity contribution in [1.82, 2.24) is 19.4 Å². The monoisotopic (exact) mass is 398 g/mol. The smallest absolute Gasteiger partial charge is 0.242 e. The molecular weight excluding hydrogens is 368 g/mol. The van der Waals surface area contributed by atoms with Crippen molar-refractivity contribution in [3.8, 4) is 0 Å². The maximum atomic E-state index is 13.2. The Bertz CT molecular complexity index is 899. The fourth-order valence-corrected chi connectivity index (χ4v) is 4.73. The summed E-state index contributed by atoms with van der Waals surface area (Å²) < 4.78 is 7.84. The van der Waals surface area contributed by atoms with E-state index in [1.54, 1.807) is 13.1 Å². The SMILES string of the molecule is CC(=O)N1CCC[C@H](c2cc3cccnc3n2CC(=O)N2C[C@@H](C)O[C@@H](C)C2)C1. The van der Waals surface area contributed by atoms with Gasteiger partial charge in [0, 0.05) is 56.3 Å². The number of piperidine rings is 1. The van der Waals surface area contributed by atoms with Gasteiger partial charge in [-0.1, -0.05) is 0 Å². The van der Waals surface area contributed by atoms with Crippen molar-refractivity contribution in [1.29, 1.82) is 0 Å². The van der Waals surface area contributed by atoms with Crippen LogP contribution in [0.4, 0.5) is 0 Å². The average molecular weight is 399 g/mol. The Hall–Kier alpha value is -2.41. The summed E-state index contributed by atoms with van der Waals surface area (Å²) in [5.41, 5.74) is 1.94. The Morgan fingerprint density at radius 2 is 1.93 bits per heavy atom. The summed E-state index contributed by atoms with van der Waals surface area (Å²) in [6, 6.07) is 6.11. The van der Waals surface area contributed by atoms with Crippen LogP contribution in [0.15, 0.2) is 24.4 Å². The number of rotatable bonds is 3. The lowest BCUT2D eigenvalue weighted by atomic mass is 9.94. The highest BCUT2D eigenvalue weighted by atomic mass is 16.5. The zero-order valence-corrected chi connectivity index (χ0v) is 17.5. The van der Waals surface area contributed by atoms with E-state index < -0.39 is 0 Å². The fraction of sp³-hybridized carbons (Fsp3) is 0.591. The van der Waals surface area contributed by atoms with Gasteiger partial charge in [0.05, 0.1) is 12.2 Å². The minimum Gasteiger partial charge on any atom is -0.372 e. The highest BCUT2D eigenvalue weighted by Gasteiger charge is 2.29. The summed E-state index contributed by atoms with van der Waals surface area (Å²) in [6.45, 7) is 8.66. The van der Waals surface area contributed by atoms with Gasteiger partial charge < -0.3 is 19.1 Å². The zero-order chi connectivity index (χ0) is 20.5. The molecule has 2 aromatic rings. The molecule has 2 saturated heterocycles. The molecule has 0 spiro atoms. The first kappa shape index (κ1) is 19.9. The Labute approximate surface area is 171 Å². The lowest BCUT2D eigenvalue weighted by Gasteiger charge is -2.36.